The van der Waals surface area contributed by atoms with Crippen LogP contribution in [0.15, 0.2) is 91.0 Å². The number of para-hydroxylation sites is 2. The topological polar surface area (TPSA) is 17.8 Å². The molecule has 0 aliphatic rings. The molecule has 0 amide bonds. The summed E-state index contributed by atoms with van der Waals surface area (Å²) < 4.78 is 2.34. The van der Waals surface area contributed by atoms with E-state index in [1.165, 1.54) is 33.0 Å². The number of aryl methyl sites for hydroxylation is 1. The first kappa shape index (κ1) is 15.8. The molecular weight excluding hydrogens is 328 g/mol. The molecule has 0 radical (unpaired) electrons. The van der Waals surface area contributed by atoms with E-state index in [0.717, 1.165) is 17.9 Å². The fraction of sp³-hybridized carbons (Fsp3) is 0.0800. The largest absolute Gasteiger partial charge is 0.319 e. The van der Waals surface area contributed by atoms with Gasteiger partial charge in [-0.2, -0.15) is 0 Å². The number of fused-ring (bicyclic) bond motifs is 2. The van der Waals surface area contributed by atoms with E-state index in [4.69, 9.17) is 4.98 Å². The van der Waals surface area contributed by atoms with Crippen molar-refractivity contribution >= 4 is 21.8 Å². The van der Waals surface area contributed by atoms with Gasteiger partial charge in [0.1, 0.15) is 5.82 Å². The summed E-state index contributed by atoms with van der Waals surface area (Å²) in [6.45, 7) is 2.95. The van der Waals surface area contributed by atoms with E-state index >= 15 is 0 Å². The van der Waals surface area contributed by atoms with Gasteiger partial charge < -0.3 is 4.57 Å². The molecule has 0 bridgehead atoms. The number of hydrogen-bond donors (Lipinski definition) is 0. The van der Waals surface area contributed by atoms with Gasteiger partial charge in [-0.25, -0.2) is 4.98 Å². The maximum absolute atomic E-state index is 4.97. The predicted octanol–water partition coefficient (Wildman–Crippen LogP) is 6.21. The van der Waals surface area contributed by atoms with Gasteiger partial charge in [0.2, 0.25) is 0 Å². The molecule has 2 nitrogen and oxygen atoms in total. The Bertz CT molecular complexity index is 1260. The fourth-order valence-corrected chi connectivity index (χ4v) is 3.78. The van der Waals surface area contributed by atoms with E-state index in [2.05, 4.69) is 102 Å². The van der Waals surface area contributed by atoms with Crippen molar-refractivity contribution in [2.75, 3.05) is 0 Å². The maximum Gasteiger partial charge on any atom is 0.141 e. The summed E-state index contributed by atoms with van der Waals surface area (Å²) in [5.74, 6) is 1.03. The average molecular weight is 348 g/mol. The van der Waals surface area contributed by atoms with E-state index in [1.54, 1.807) is 0 Å². The molecular formula is C25H20N2. The molecule has 5 aromatic rings. The van der Waals surface area contributed by atoms with E-state index in [1.807, 2.05) is 0 Å². The molecule has 0 atom stereocenters. The summed E-state index contributed by atoms with van der Waals surface area (Å²) >= 11 is 0. The molecule has 0 saturated heterocycles. The number of rotatable bonds is 3. The van der Waals surface area contributed by atoms with Crippen LogP contribution in [0.4, 0.5) is 0 Å². The van der Waals surface area contributed by atoms with Crippen molar-refractivity contribution in [2.45, 2.75) is 13.5 Å². The molecule has 1 aromatic heterocycles. The van der Waals surface area contributed by atoms with Crippen molar-refractivity contribution in [2.24, 2.45) is 0 Å². The average Bonchev–Trinajstić information content (AvgIpc) is 3.06. The van der Waals surface area contributed by atoms with Crippen LogP contribution in [0.5, 0.6) is 0 Å². The second-order valence-electron chi connectivity index (χ2n) is 7.01. The van der Waals surface area contributed by atoms with Crippen LogP contribution in [0, 0.1) is 6.92 Å². The highest BCUT2D eigenvalue weighted by Gasteiger charge is 2.14. The third-order valence-corrected chi connectivity index (χ3v) is 5.20. The Morgan fingerprint density at radius 3 is 2.37 bits per heavy atom. The molecule has 4 aromatic carbocycles. The minimum atomic E-state index is 0.801. The molecule has 2 heteroatoms. The predicted molar refractivity (Wildman–Crippen MR) is 113 cm³/mol. The molecule has 5 rings (SSSR count). The lowest BCUT2D eigenvalue weighted by atomic mass is 10.1. The van der Waals surface area contributed by atoms with Gasteiger partial charge in [0.25, 0.3) is 0 Å². The Hall–Kier alpha value is -3.39. The molecule has 27 heavy (non-hydrogen) atoms. The van der Waals surface area contributed by atoms with E-state index < -0.39 is 0 Å². The van der Waals surface area contributed by atoms with Crippen LogP contribution in [-0.2, 0) is 6.54 Å². The summed E-state index contributed by atoms with van der Waals surface area (Å²) in [6, 6.07) is 32.1. The highest BCUT2D eigenvalue weighted by atomic mass is 15.1. The number of hydrogen-bond acceptors (Lipinski definition) is 1. The van der Waals surface area contributed by atoms with Gasteiger partial charge in [-0.3, -0.25) is 0 Å². The Kier molecular flexibility index (Phi) is 3.75. The third kappa shape index (κ3) is 2.80. The summed E-state index contributed by atoms with van der Waals surface area (Å²) in [6.07, 6.45) is 0. The second kappa shape index (κ2) is 6.40. The molecule has 0 saturated carbocycles. The first-order valence-corrected chi connectivity index (χ1v) is 9.28. The van der Waals surface area contributed by atoms with Crippen LogP contribution < -0.4 is 0 Å². The van der Waals surface area contributed by atoms with Crippen molar-refractivity contribution < 1.29 is 0 Å². The van der Waals surface area contributed by atoms with Crippen molar-refractivity contribution in [1.29, 1.82) is 0 Å². The Morgan fingerprint density at radius 1 is 0.741 bits per heavy atom. The lowest BCUT2D eigenvalue weighted by molar-refractivity contribution is 0.835. The van der Waals surface area contributed by atoms with Gasteiger partial charge in [0.05, 0.1) is 11.0 Å². The molecule has 0 spiro atoms. The summed E-state index contributed by atoms with van der Waals surface area (Å²) in [5.41, 5.74) is 5.93. The lowest BCUT2D eigenvalue weighted by Gasteiger charge is -2.12. The quantitative estimate of drug-likeness (QED) is 0.379. The van der Waals surface area contributed by atoms with Crippen molar-refractivity contribution in [3.63, 3.8) is 0 Å². The van der Waals surface area contributed by atoms with Crippen LogP contribution in [0.2, 0.25) is 0 Å². The maximum atomic E-state index is 4.97. The van der Waals surface area contributed by atoms with Crippen LogP contribution in [0.25, 0.3) is 33.2 Å². The van der Waals surface area contributed by atoms with Crippen molar-refractivity contribution in [1.82, 2.24) is 9.55 Å². The second-order valence-corrected chi connectivity index (χ2v) is 7.01. The zero-order chi connectivity index (χ0) is 18.2. The summed E-state index contributed by atoms with van der Waals surface area (Å²) in [7, 11) is 0. The molecule has 0 fully saturated rings. The zero-order valence-corrected chi connectivity index (χ0v) is 15.3. The highest BCUT2D eigenvalue weighted by molar-refractivity contribution is 5.84. The number of aromatic nitrogens is 2. The van der Waals surface area contributed by atoms with Gasteiger partial charge >= 0.3 is 0 Å². The first-order valence-electron chi connectivity index (χ1n) is 9.28. The standard InChI is InChI=1S/C25H20N2/c1-18-8-2-5-11-22(18)25-26-23-12-6-7-13-24(23)27(25)17-19-14-15-20-9-3-4-10-21(20)16-19/h2-16H,17H2,1H3. The third-order valence-electron chi connectivity index (χ3n) is 5.20. The minimum Gasteiger partial charge on any atom is -0.319 e. The summed E-state index contributed by atoms with van der Waals surface area (Å²) in [4.78, 5) is 4.97. The van der Waals surface area contributed by atoms with Gasteiger partial charge in [-0.15, -0.1) is 0 Å². The van der Waals surface area contributed by atoms with E-state index in [9.17, 15) is 0 Å². The normalized spacial score (nSPS) is 11.3. The van der Waals surface area contributed by atoms with Crippen LogP contribution in [0.3, 0.4) is 0 Å². The van der Waals surface area contributed by atoms with Crippen LogP contribution in [0.1, 0.15) is 11.1 Å². The van der Waals surface area contributed by atoms with E-state index in [0.29, 0.717) is 0 Å². The van der Waals surface area contributed by atoms with Crippen LogP contribution in [-0.4, -0.2) is 9.55 Å². The van der Waals surface area contributed by atoms with E-state index in [-0.39, 0.29) is 0 Å². The van der Waals surface area contributed by atoms with Gasteiger partial charge in [-0.05, 0) is 47.0 Å². The number of imidazole rings is 1. The molecule has 0 unspecified atom stereocenters. The van der Waals surface area contributed by atoms with Gasteiger partial charge in [0.15, 0.2) is 0 Å². The molecule has 1 heterocycles. The SMILES string of the molecule is Cc1ccccc1-c1nc2ccccc2n1Cc1ccc2ccccc2c1. The van der Waals surface area contributed by atoms with Crippen molar-refractivity contribution in [3.05, 3.63) is 102 Å². The fourth-order valence-electron chi connectivity index (χ4n) is 3.78. The Balaban J connectivity index is 1.69. The minimum absolute atomic E-state index is 0.801. The van der Waals surface area contributed by atoms with Gasteiger partial charge in [-0.1, -0.05) is 72.8 Å². The lowest BCUT2D eigenvalue weighted by Crippen LogP contribution is -2.03. The Morgan fingerprint density at radius 2 is 1.48 bits per heavy atom. The monoisotopic (exact) mass is 348 g/mol. The smallest absolute Gasteiger partial charge is 0.141 e. The molecule has 0 N–H and O–H groups in total. The molecule has 0 aliphatic heterocycles. The van der Waals surface area contributed by atoms with Gasteiger partial charge in [0, 0.05) is 12.1 Å². The first-order chi connectivity index (χ1) is 13.3. The Labute approximate surface area is 158 Å². The highest BCUT2D eigenvalue weighted by Crippen LogP contribution is 2.28. The number of nitrogens with zero attached hydrogens (tertiary/aromatic N) is 2. The van der Waals surface area contributed by atoms with Crippen LogP contribution >= 0.6 is 0 Å². The van der Waals surface area contributed by atoms with Crippen molar-refractivity contribution in [3.8, 4) is 11.4 Å². The number of benzene rings is 4. The zero-order valence-electron chi connectivity index (χ0n) is 15.3. The molecule has 0 aliphatic carbocycles. The summed E-state index contributed by atoms with van der Waals surface area (Å²) in [5, 5.41) is 2.55. The molecule has 130 valence electrons.